The molecule has 0 saturated carbocycles. The molecule has 130 valence electrons. The zero-order chi connectivity index (χ0) is 17.8. The van der Waals surface area contributed by atoms with Crippen molar-refractivity contribution in [2.75, 3.05) is 6.54 Å². The largest absolute Gasteiger partial charge is 0.489 e. The lowest BCUT2D eigenvalue weighted by molar-refractivity contribution is -0.126. The molecule has 1 aliphatic heterocycles. The van der Waals surface area contributed by atoms with Crippen molar-refractivity contribution >= 4 is 34.5 Å². The first kappa shape index (κ1) is 17.8. The lowest BCUT2D eigenvalue weighted by atomic mass is 10.1. The molecule has 1 atom stereocenters. The van der Waals surface area contributed by atoms with Gasteiger partial charge >= 0.3 is 0 Å². The molecule has 1 aliphatic rings. The summed E-state index contributed by atoms with van der Waals surface area (Å²) in [6, 6.07) is 15.1. The van der Waals surface area contributed by atoms with Gasteiger partial charge in [0, 0.05) is 11.6 Å². The number of imide groups is 1. The third kappa shape index (κ3) is 4.17. The molecule has 0 aliphatic carbocycles. The quantitative estimate of drug-likeness (QED) is 0.743. The van der Waals surface area contributed by atoms with Gasteiger partial charge in [-0.25, -0.2) is 0 Å². The minimum Gasteiger partial charge on any atom is -0.489 e. The summed E-state index contributed by atoms with van der Waals surface area (Å²) in [6.07, 6.45) is 0.475. The van der Waals surface area contributed by atoms with E-state index in [9.17, 15) is 9.59 Å². The van der Waals surface area contributed by atoms with Crippen LogP contribution in [0.3, 0.4) is 0 Å². The predicted octanol–water partition coefficient (Wildman–Crippen LogP) is 4.55. The van der Waals surface area contributed by atoms with Crippen LogP contribution in [0.5, 0.6) is 5.75 Å². The first-order valence-corrected chi connectivity index (χ1v) is 9.31. The summed E-state index contributed by atoms with van der Waals surface area (Å²) in [6.45, 7) is 2.64. The third-order valence-corrected chi connectivity index (χ3v) is 5.33. The summed E-state index contributed by atoms with van der Waals surface area (Å²) in [5, 5.41) is 0.135. The Morgan fingerprint density at radius 3 is 2.52 bits per heavy atom. The topological polar surface area (TPSA) is 46.6 Å². The Balaban J connectivity index is 1.70. The average Bonchev–Trinajstić information content (AvgIpc) is 2.88. The van der Waals surface area contributed by atoms with E-state index in [-0.39, 0.29) is 16.4 Å². The van der Waals surface area contributed by atoms with E-state index in [4.69, 9.17) is 16.3 Å². The number of hydrogen-bond acceptors (Lipinski definition) is 4. The molecule has 1 fully saturated rings. The molecule has 0 bridgehead atoms. The van der Waals surface area contributed by atoms with Gasteiger partial charge in [0.1, 0.15) is 12.4 Å². The van der Waals surface area contributed by atoms with E-state index in [0.29, 0.717) is 24.6 Å². The highest BCUT2D eigenvalue weighted by Crippen LogP contribution is 2.32. The second kappa shape index (κ2) is 7.93. The lowest BCUT2D eigenvalue weighted by Gasteiger charge is -2.14. The first-order chi connectivity index (χ1) is 12.1. The normalized spacial score (nSPS) is 17.2. The van der Waals surface area contributed by atoms with Crippen LogP contribution in [-0.2, 0) is 17.8 Å². The molecule has 0 aromatic heterocycles. The van der Waals surface area contributed by atoms with Crippen molar-refractivity contribution in [2.24, 2.45) is 0 Å². The van der Waals surface area contributed by atoms with Crippen molar-refractivity contribution in [3.05, 3.63) is 64.7 Å². The SMILES string of the molecule is CCN1C(=O)S[C@H](Cc2ccccc2OCc2ccc(Cl)cc2)C1=O. The molecule has 1 heterocycles. The Kier molecular flexibility index (Phi) is 5.66. The highest BCUT2D eigenvalue weighted by molar-refractivity contribution is 8.15. The summed E-state index contributed by atoms with van der Waals surface area (Å²) in [5.41, 5.74) is 1.94. The van der Waals surface area contributed by atoms with Gasteiger partial charge in [0.2, 0.25) is 5.91 Å². The predicted molar refractivity (Wildman–Crippen MR) is 100 cm³/mol. The van der Waals surface area contributed by atoms with Gasteiger partial charge in [-0.05, 0) is 42.7 Å². The Bertz CT molecular complexity index is 778. The van der Waals surface area contributed by atoms with Crippen molar-refractivity contribution in [1.29, 1.82) is 0 Å². The number of amides is 2. The van der Waals surface area contributed by atoms with Crippen LogP contribution in [0.2, 0.25) is 5.02 Å². The fourth-order valence-electron chi connectivity index (χ4n) is 2.67. The van der Waals surface area contributed by atoms with Crippen molar-refractivity contribution < 1.29 is 14.3 Å². The average molecular weight is 376 g/mol. The Morgan fingerprint density at radius 2 is 1.84 bits per heavy atom. The maximum atomic E-state index is 12.3. The maximum Gasteiger partial charge on any atom is 0.289 e. The lowest BCUT2D eigenvalue weighted by Crippen LogP contribution is -2.31. The molecular formula is C19H18ClNO3S. The summed E-state index contributed by atoms with van der Waals surface area (Å²) in [5.74, 6) is 0.609. The van der Waals surface area contributed by atoms with Gasteiger partial charge in [-0.1, -0.05) is 53.7 Å². The smallest absolute Gasteiger partial charge is 0.289 e. The minimum atomic E-state index is -0.382. The molecule has 2 amide bonds. The molecule has 3 rings (SSSR count). The number of thioether (sulfide) groups is 1. The van der Waals surface area contributed by atoms with E-state index in [1.54, 1.807) is 0 Å². The molecule has 0 spiro atoms. The summed E-state index contributed by atoms with van der Waals surface area (Å²) < 4.78 is 5.93. The highest BCUT2D eigenvalue weighted by atomic mass is 35.5. The molecule has 0 radical (unpaired) electrons. The molecular weight excluding hydrogens is 358 g/mol. The second-order valence-corrected chi connectivity index (χ2v) is 7.27. The van der Waals surface area contributed by atoms with Crippen LogP contribution in [0.15, 0.2) is 48.5 Å². The zero-order valence-corrected chi connectivity index (χ0v) is 15.3. The van der Waals surface area contributed by atoms with Gasteiger partial charge in [0.05, 0.1) is 5.25 Å². The second-order valence-electron chi connectivity index (χ2n) is 5.68. The number of carbonyl (C=O) groups is 2. The highest BCUT2D eigenvalue weighted by Gasteiger charge is 2.38. The van der Waals surface area contributed by atoms with E-state index >= 15 is 0 Å². The fourth-order valence-corrected chi connectivity index (χ4v) is 3.87. The molecule has 25 heavy (non-hydrogen) atoms. The van der Waals surface area contributed by atoms with Gasteiger partial charge < -0.3 is 4.74 Å². The number of carbonyl (C=O) groups excluding carboxylic acids is 2. The van der Waals surface area contributed by atoms with Crippen LogP contribution in [0.4, 0.5) is 4.79 Å². The van der Waals surface area contributed by atoms with E-state index in [1.807, 2.05) is 55.5 Å². The van der Waals surface area contributed by atoms with Crippen LogP contribution >= 0.6 is 23.4 Å². The number of ether oxygens (including phenoxy) is 1. The van der Waals surface area contributed by atoms with Crippen molar-refractivity contribution in [3.8, 4) is 5.75 Å². The number of para-hydroxylation sites is 1. The zero-order valence-electron chi connectivity index (χ0n) is 13.8. The number of halogens is 1. The number of benzene rings is 2. The van der Waals surface area contributed by atoms with Crippen LogP contribution in [0.25, 0.3) is 0 Å². The maximum absolute atomic E-state index is 12.3. The monoisotopic (exact) mass is 375 g/mol. The molecule has 2 aromatic carbocycles. The minimum absolute atomic E-state index is 0.120. The van der Waals surface area contributed by atoms with Crippen molar-refractivity contribution in [3.63, 3.8) is 0 Å². The standard InChI is InChI=1S/C19H18ClNO3S/c1-2-21-18(22)17(25-19(21)23)11-14-5-3-4-6-16(14)24-12-13-7-9-15(20)10-8-13/h3-10,17H,2,11-12H2,1H3/t17-/m1/s1. The fraction of sp³-hybridized carbons (Fsp3) is 0.263. The molecule has 4 nitrogen and oxygen atoms in total. The molecule has 0 unspecified atom stereocenters. The van der Waals surface area contributed by atoms with Crippen molar-refractivity contribution in [1.82, 2.24) is 4.90 Å². The number of hydrogen-bond donors (Lipinski definition) is 0. The van der Waals surface area contributed by atoms with Crippen LogP contribution < -0.4 is 4.74 Å². The van der Waals surface area contributed by atoms with Crippen LogP contribution in [0, 0.1) is 0 Å². The van der Waals surface area contributed by atoms with E-state index in [1.165, 1.54) is 4.90 Å². The van der Waals surface area contributed by atoms with Gasteiger partial charge in [0.25, 0.3) is 5.24 Å². The van der Waals surface area contributed by atoms with Crippen LogP contribution in [0.1, 0.15) is 18.1 Å². The van der Waals surface area contributed by atoms with E-state index < -0.39 is 0 Å². The molecule has 6 heteroatoms. The first-order valence-electron chi connectivity index (χ1n) is 8.05. The summed E-state index contributed by atoms with van der Waals surface area (Å²) in [7, 11) is 0. The van der Waals surface area contributed by atoms with Crippen LogP contribution in [-0.4, -0.2) is 27.8 Å². The van der Waals surface area contributed by atoms with Gasteiger partial charge in [-0.3, -0.25) is 14.5 Å². The molecule has 1 saturated heterocycles. The Labute approximate surface area is 156 Å². The molecule has 0 N–H and O–H groups in total. The molecule has 2 aromatic rings. The van der Waals surface area contributed by atoms with Crippen molar-refractivity contribution in [2.45, 2.75) is 25.2 Å². The van der Waals surface area contributed by atoms with Gasteiger partial charge in [-0.15, -0.1) is 0 Å². The summed E-state index contributed by atoms with van der Waals surface area (Å²) >= 11 is 6.99. The van der Waals surface area contributed by atoms with Gasteiger partial charge in [0.15, 0.2) is 0 Å². The van der Waals surface area contributed by atoms with Gasteiger partial charge in [-0.2, -0.15) is 0 Å². The van der Waals surface area contributed by atoms with E-state index in [2.05, 4.69) is 0 Å². The summed E-state index contributed by atoms with van der Waals surface area (Å²) in [4.78, 5) is 25.5. The Hall–Kier alpha value is -1.98. The third-order valence-electron chi connectivity index (χ3n) is 4.01. The number of nitrogens with zero attached hydrogens (tertiary/aromatic N) is 1. The Morgan fingerprint density at radius 1 is 1.12 bits per heavy atom. The number of rotatable bonds is 6. The van der Waals surface area contributed by atoms with E-state index in [0.717, 1.165) is 28.6 Å².